The van der Waals surface area contributed by atoms with Crippen molar-refractivity contribution in [2.75, 3.05) is 24.2 Å². The lowest BCUT2D eigenvalue weighted by molar-refractivity contribution is 0.577. The molecule has 2 heterocycles. The smallest absolute Gasteiger partial charge is 0.298 e. The number of anilines is 2. The van der Waals surface area contributed by atoms with Gasteiger partial charge in [0.25, 0.3) is 6.01 Å². The number of hydrogen-bond donors (Lipinski definition) is 2. The minimum absolute atomic E-state index is 0.254. The summed E-state index contributed by atoms with van der Waals surface area (Å²) in [6.07, 6.45) is 1.52. The number of oxazole rings is 1. The van der Waals surface area contributed by atoms with E-state index in [0.29, 0.717) is 18.0 Å². The fourth-order valence-corrected chi connectivity index (χ4v) is 2.31. The number of nitrogens with zero attached hydrogens (tertiary/aromatic N) is 4. The van der Waals surface area contributed by atoms with E-state index in [1.165, 1.54) is 0 Å². The fraction of sp³-hybridized carbons (Fsp3) is 0.267. The number of aryl methyl sites for hydroxylation is 1. The first kappa shape index (κ1) is 13.9. The topological polar surface area (TPSA) is 108 Å². The van der Waals surface area contributed by atoms with Gasteiger partial charge in [0.1, 0.15) is 17.1 Å². The van der Waals surface area contributed by atoms with Gasteiger partial charge in [-0.15, -0.1) is 0 Å². The molecule has 0 atom stereocenters. The number of fused-ring (bicyclic) bond motifs is 1. The van der Waals surface area contributed by atoms with Crippen molar-refractivity contribution in [3.05, 3.63) is 35.5 Å². The van der Waals surface area contributed by atoms with E-state index in [1.807, 2.05) is 36.2 Å². The average molecular weight is 296 g/mol. The molecular formula is C15H16N6O. The molecule has 1 aromatic carbocycles. The van der Waals surface area contributed by atoms with Crippen LogP contribution in [0.25, 0.3) is 11.1 Å². The van der Waals surface area contributed by atoms with E-state index in [0.717, 1.165) is 29.8 Å². The SMILES string of the molecule is CN(CCCc1[nH]nc(N)c1C#N)c1nc2ccccc2o1. The molecule has 7 heteroatoms. The highest BCUT2D eigenvalue weighted by Gasteiger charge is 2.12. The zero-order valence-corrected chi connectivity index (χ0v) is 12.2. The van der Waals surface area contributed by atoms with Crippen molar-refractivity contribution in [3.63, 3.8) is 0 Å². The molecule has 0 aliphatic heterocycles. The molecule has 0 unspecified atom stereocenters. The maximum atomic E-state index is 9.03. The Balaban J connectivity index is 1.62. The van der Waals surface area contributed by atoms with Crippen molar-refractivity contribution < 1.29 is 4.42 Å². The summed E-state index contributed by atoms with van der Waals surface area (Å²) in [5, 5.41) is 15.7. The van der Waals surface area contributed by atoms with Crippen LogP contribution in [0.2, 0.25) is 0 Å². The summed E-state index contributed by atoms with van der Waals surface area (Å²) in [6.45, 7) is 0.747. The second kappa shape index (κ2) is 5.77. The van der Waals surface area contributed by atoms with Crippen molar-refractivity contribution in [3.8, 4) is 6.07 Å². The molecule has 0 aliphatic rings. The second-order valence-electron chi connectivity index (χ2n) is 5.06. The van der Waals surface area contributed by atoms with Crippen LogP contribution in [0.3, 0.4) is 0 Å². The monoisotopic (exact) mass is 296 g/mol. The number of benzene rings is 1. The Labute approximate surface area is 127 Å². The van der Waals surface area contributed by atoms with Gasteiger partial charge in [0.15, 0.2) is 11.4 Å². The summed E-state index contributed by atoms with van der Waals surface area (Å²) in [6, 6.07) is 10.3. The van der Waals surface area contributed by atoms with Gasteiger partial charge in [-0.25, -0.2) is 0 Å². The van der Waals surface area contributed by atoms with Gasteiger partial charge in [0.2, 0.25) is 0 Å². The van der Waals surface area contributed by atoms with Crippen LogP contribution in [0.1, 0.15) is 17.7 Å². The molecule has 0 saturated heterocycles. The molecule has 112 valence electrons. The summed E-state index contributed by atoms with van der Waals surface area (Å²) in [4.78, 5) is 6.39. The van der Waals surface area contributed by atoms with Gasteiger partial charge < -0.3 is 15.1 Å². The van der Waals surface area contributed by atoms with Crippen LogP contribution >= 0.6 is 0 Å². The Kier molecular flexibility index (Phi) is 3.66. The normalized spacial score (nSPS) is 10.7. The zero-order valence-electron chi connectivity index (χ0n) is 12.2. The molecule has 3 aromatic rings. The van der Waals surface area contributed by atoms with Crippen LogP contribution in [0.15, 0.2) is 28.7 Å². The van der Waals surface area contributed by atoms with Gasteiger partial charge in [-0.1, -0.05) is 12.1 Å². The van der Waals surface area contributed by atoms with E-state index in [2.05, 4.69) is 21.3 Å². The predicted molar refractivity (Wildman–Crippen MR) is 83.3 cm³/mol. The third-order valence-electron chi connectivity index (χ3n) is 3.51. The number of rotatable bonds is 5. The number of hydrogen-bond acceptors (Lipinski definition) is 6. The average Bonchev–Trinajstić information content (AvgIpc) is 3.10. The van der Waals surface area contributed by atoms with E-state index in [-0.39, 0.29) is 5.82 Å². The van der Waals surface area contributed by atoms with Crippen LogP contribution in [-0.2, 0) is 6.42 Å². The third kappa shape index (κ3) is 2.59. The van der Waals surface area contributed by atoms with Crippen molar-refractivity contribution in [1.82, 2.24) is 15.2 Å². The number of nitriles is 1. The van der Waals surface area contributed by atoms with Crippen molar-refractivity contribution in [2.24, 2.45) is 0 Å². The van der Waals surface area contributed by atoms with E-state index < -0.39 is 0 Å². The summed E-state index contributed by atoms with van der Waals surface area (Å²) < 4.78 is 5.70. The molecule has 0 amide bonds. The lowest BCUT2D eigenvalue weighted by Gasteiger charge is -2.13. The van der Waals surface area contributed by atoms with Crippen LogP contribution in [0.5, 0.6) is 0 Å². The molecule has 0 fully saturated rings. The number of aromatic nitrogens is 3. The molecule has 0 radical (unpaired) electrons. The van der Waals surface area contributed by atoms with Crippen LogP contribution in [-0.4, -0.2) is 28.8 Å². The second-order valence-corrected chi connectivity index (χ2v) is 5.06. The Morgan fingerprint density at radius 3 is 3.00 bits per heavy atom. The highest BCUT2D eigenvalue weighted by Crippen LogP contribution is 2.21. The summed E-state index contributed by atoms with van der Waals surface area (Å²) in [7, 11) is 1.93. The Morgan fingerprint density at radius 2 is 2.23 bits per heavy atom. The standard InChI is InChI=1S/C15H16N6O/c1-21(15-18-12-5-2-3-7-13(12)22-15)8-4-6-11-10(9-16)14(17)20-19-11/h2-3,5,7H,4,6,8H2,1H3,(H3,17,19,20). The maximum absolute atomic E-state index is 9.03. The molecule has 0 spiro atoms. The van der Waals surface area contributed by atoms with Crippen molar-refractivity contribution >= 4 is 22.9 Å². The number of nitrogens with one attached hydrogen (secondary N) is 1. The predicted octanol–water partition coefficient (Wildman–Crippen LogP) is 2.07. The fourth-order valence-electron chi connectivity index (χ4n) is 2.31. The minimum Gasteiger partial charge on any atom is -0.423 e. The highest BCUT2D eigenvalue weighted by molar-refractivity contribution is 5.74. The van der Waals surface area contributed by atoms with E-state index in [9.17, 15) is 0 Å². The molecule has 0 bridgehead atoms. The first-order chi connectivity index (χ1) is 10.7. The van der Waals surface area contributed by atoms with Crippen LogP contribution in [0.4, 0.5) is 11.8 Å². The van der Waals surface area contributed by atoms with Crippen molar-refractivity contribution in [1.29, 1.82) is 5.26 Å². The minimum atomic E-state index is 0.254. The summed E-state index contributed by atoms with van der Waals surface area (Å²) >= 11 is 0. The van der Waals surface area contributed by atoms with Crippen LogP contribution in [0, 0.1) is 11.3 Å². The van der Waals surface area contributed by atoms with Crippen LogP contribution < -0.4 is 10.6 Å². The van der Waals surface area contributed by atoms with Gasteiger partial charge in [0.05, 0.1) is 5.69 Å². The van der Waals surface area contributed by atoms with E-state index in [4.69, 9.17) is 15.4 Å². The van der Waals surface area contributed by atoms with Gasteiger partial charge in [-0.3, -0.25) is 5.10 Å². The van der Waals surface area contributed by atoms with E-state index >= 15 is 0 Å². The lowest BCUT2D eigenvalue weighted by atomic mass is 10.1. The van der Waals surface area contributed by atoms with Gasteiger partial charge in [0, 0.05) is 13.6 Å². The quantitative estimate of drug-likeness (QED) is 0.746. The number of nitrogens with two attached hydrogens (primary N) is 1. The largest absolute Gasteiger partial charge is 0.423 e. The number of nitrogen functional groups attached to an aromatic ring is 1. The lowest BCUT2D eigenvalue weighted by Crippen LogP contribution is -2.19. The maximum Gasteiger partial charge on any atom is 0.298 e. The summed E-state index contributed by atoms with van der Waals surface area (Å²) in [5.74, 6) is 0.254. The molecule has 2 aromatic heterocycles. The number of para-hydroxylation sites is 2. The molecule has 22 heavy (non-hydrogen) atoms. The molecule has 3 N–H and O–H groups in total. The zero-order chi connectivity index (χ0) is 15.5. The first-order valence-corrected chi connectivity index (χ1v) is 6.98. The van der Waals surface area contributed by atoms with Gasteiger partial charge in [-0.05, 0) is 25.0 Å². The van der Waals surface area contributed by atoms with Crippen molar-refractivity contribution in [2.45, 2.75) is 12.8 Å². The van der Waals surface area contributed by atoms with Gasteiger partial charge >= 0.3 is 0 Å². The molecule has 0 saturated carbocycles. The Morgan fingerprint density at radius 1 is 1.41 bits per heavy atom. The number of H-pyrrole nitrogens is 1. The Bertz CT molecular complexity index is 795. The molecule has 3 rings (SSSR count). The molecular weight excluding hydrogens is 280 g/mol. The molecule has 7 nitrogen and oxygen atoms in total. The van der Waals surface area contributed by atoms with Gasteiger partial charge in [-0.2, -0.15) is 15.3 Å². The first-order valence-electron chi connectivity index (χ1n) is 6.98. The number of aromatic amines is 1. The Hall–Kier alpha value is -3.01. The third-order valence-corrected chi connectivity index (χ3v) is 3.51. The highest BCUT2D eigenvalue weighted by atomic mass is 16.4. The molecule has 0 aliphatic carbocycles. The van der Waals surface area contributed by atoms with E-state index in [1.54, 1.807) is 0 Å². The summed E-state index contributed by atoms with van der Waals surface area (Å²) in [5.41, 5.74) is 8.44.